The molecule has 242 valence electrons. The fraction of sp³-hybridized carbons (Fsp3) is 0. The van der Waals surface area contributed by atoms with Crippen LogP contribution < -0.4 is 0 Å². The van der Waals surface area contributed by atoms with E-state index in [0.29, 0.717) is 5.95 Å². The van der Waals surface area contributed by atoms with Gasteiger partial charge < -0.3 is 4.42 Å². The van der Waals surface area contributed by atoms with E-state index in [9.17, 15) is 0 Å². The smallest absolute Gasteiger partial charge is 0.235 e. The number of para-hydroxylation sites is 2. The van der Waals surface area contributed by atoms with Crippen molar-refractivity contribution in [3.05, 3.63) is 176 Å². The van der Waals surface area contributed by atoms with Crippen molar-refractivity contribution in [1.82, 2.24) is 14.5 Å². The van der Waals surface area contributed by atoms with Gasteiger partial charge in [-0.3, -0.25) is 4.57 Å². The number of nitrogens with zero attached hydrogens (tertiary/aromatic N) is 3. The third-order valence-electron chi connectivity index (χ3n) is 10.4. The van der Waals surface area contributed by atoms with Crippen molar-refractivity contribution in [2.24, 2.45) is 0 Å². The Morgan fingerprint density at radius 3 is 1.79 bits per heavy atom. The lowest BCUT2D eigenvalue weighted by atomic mass is 9.95. The van der Waals surface area contributed by atoms with Crippen molar-refractivity contribution in [2.75, 3.05) is 0 Å². The fourth-order valence-electron chi connectivity index (χ4n) is 7.97. The van der Waals surface area contributed by atoms with E-state index in [-0.39, 0.29) is 0 Å². The second-order valence-corrected chi connectivity index (χ2v) is 13.4. The normalized spacial score (nSPS) is 11.8. The topological polar surface area (TPSA) is 43.9 Å². The van der Waals surface area contributed by atoms with Crippen molar-refractivity contribution in [2.45, 2.75) is 0 Å². The molecule has 0 saturated heterocycles. The number of aromatic nitrogens is 3. The molecule has 0 aliphatic rings. The first-order valence-electron chi connectivity index (χ1n) is 17.6. The van der Waals surface area contributed by atoms with Crippen LogP contribution in [0.3, 0.4) is 0 Å². The molecule has 11 rings (SSSR count). The van der Waals surface area contributed by atoms with E-state index in [1.165, 1.54) is 27.6 Å². The third kappa shape index (κ3) is 4.34. The van der Waals surface area contributed by atoms with E-state index in [4.69, 9.17) is 14.4 Å². The average Bonchev–Trinajstić information content (AvgIpc) is 3.75. The Balaban J connectivity index is 1.17. The van der Waals surface area contributed by atoms with Crippen molar-refractivity contribution >= 4 is 65.4 Å². The highest BCUT2D eigenvalue weighted by atomic mass is 16.3. The molecule has 52 heavy (non-hydrogen) atoms. The molecule has 3 heterocycles. The van der Waals surface area contributed by atoms with Crippen molar-refractivity contribution in [3.8, 4) is 39.5 Å². The van der Waals surface area contributed by atoms with Gasteiger partial charge in [0.2, 0.25) is 5.95 Å². The molecule has 0 fully saturated rings. The molecule has 4 nitrogen and oxygen atoms in total. The standard InChI is InChI=1S/C48H29N3O/c1-3-13-30(14-4-1)31-23-25-33(26-24-31)46-37-20-9-11-21-42(37)49-48(50-46)51-43-22-12-10-18-35(43)39-28-40-41-27-38(32-15-5-2-6-16-32)34-17-7-8-19-36(34)47(41)52-45(40)29-44(39)51/h1-29H. The van der Waals surface area contributed by atoms with Gasteiger partial charge in [0.1, 0.15) is 11.2 Å². The van der Waals surface area contributed by atoms with Crippen LogP contribution in [0.2, 0.25) is 0 Å². The quantitative estimate of drug-likeness (QED) is 0.188. The van der Waals surface area contributed by atoms with Gasteiger partial charge in [0, 0.05) is 43.9 Å². The number of hydrogen-bond acceptors (Lipinski definition) is 3. The van der Waals surface area contributed by atoms with Gasteiger partial charge >= 0.3 is 0 Å². The van der Waals surface area contributed by atoms with Crippen LogP contribution in [0.1, 0.15) is 0 Å². The summed E-state index contributed by atoms with van der Waals surface area (Å²) in [5, 5.41) is 7.76. The summed E-state index contributed by atoms with van der Waals surface area (Å²) in [6.45, 7) is 0. The number of furan rings is 1. The maximum absolute atomic E-state index is 6.81. The molecule has 8 aromatic carbocycles. The van der Waals surface area contributed by atoms with E-state index in [2.05, 4.69) is 168 Å². The molecular weight excluding hydrogens is 635 g/mol. The maximum atomic E-state index is 6.81. The average molecular weight is 664 g/mol. The minimum atomic E-state index is 0.624. The summed E-state index contributed by atoms with van der Waals surface area (Å²) >= 11 is 0. The van der Waals surface area contributed by atoms with Crippen molar-refractivity contribution < 1.29 is 4.42 Å². The second-order valence-electron chi connectivity index (χ2n) is 13.4. The molecule has 0 amide bonds. The van der Waals surface area contributed by atoms with E-state index < -0.39 is 0 Å². The highest BCUT2D eigenvalue weighted by Gasteiger charge is 2.21. The molecule has 0 spiro atoms. The lowest BCUT2D eigenvalue weighted by Crippen LogP contribution is -2.03. The van der Waals surface area contributed by atoms with Gasteiger partial charge in [-0.1, -0.05) is 146 Å². The summed E-state index contributed by atoms with van der Waals surface area (Å²) < 4.78 is 9.00. The summed E-state index contributed by atoms with van der Waals surface area (Å²) in [6, 6.07) is 61.9. The third-order valence-corrected chi connectivity index (χ3v) is 10.4. The van der Waals surface area contributed by atoms with Crippen LogP contribution >= 0.6 is 0 Å². The number of benzene rings is 8. The molecular formula is C48H29N3O. The number of hydrogen-bond donors (Lipinski definition) is 0. The molecule has 11 aromatic rings. The Labute approximate surface area is 298 Å². The monoisotopic (exact) mass is 663 g/mol. The van der Waals surface area contributed by atoms with Crippen LogP contribution in [0.4, 0.5) is 0 Å². The first kappa shape index (κ1) is 28.8. The van der Waals surface area contributed by atoms with Crippen LogP contribution in [-0.4, -0.2) is 14.5 Å². The Kier molecular flexibility index (Phi) is 6.22. The van der Waals surface area contributed by atoms with Gasteiger partial charge in [0.25, 0.3) is 0 Å². The molecule has 4 heteroatoms. The summed E-state index contributed by atoms with van der Waals surface area (Å²) in [7, 11) is 0. The minimum Gasteiger partial charge on any atom is -0.455 e. The Morgan fingerprint density at radius 2 is 1.00 bits per heavy atom. The first-order chi connectivity index (χ1) is 25.8. The van der Waals surface area contributed by atoms with Crippen LogP contribution in [-0.2, 0) is 0 Å². The van der Waals surface area contributed by atoms with Crippen LogP contribution in [0.15, 0.2) is 180 Å². The first-order valence-corrected chi connectivity index (χ1v) is 17.6. The Morgan fingerprint density at radius 1 is 0.385 bits per heavy atom. The van der Waals surface area contributed by atoms with Gasteiger partial charge in [-0.05, 0) is 51.9 Å². The zero-order chi connectivity index (χ0) is 34.2. The number of fused-ring (bicyclic) bond motifs is 9. The zero-order valence-corrected chi connectivity index (χ0v) is 28.0. The largest absolute Gasteiger partial charge is 0.455 e. The molecule has 0 saturated carbocycles. The second kappa shape index (κ2) is 11.2. The van der Waals surface area contributed by atoms with Gasteiger partial charge in [-0.15, -0.1) is 0 Å². The van der Waals surface area contributed by atoms with Crippen LogP contribution in [0.5, 0.6) is 0 Å². The van der Waals surface area contributed by atoms with Gasteiger partial charge in [0.15, 0.2) is 0 Å². The Bertz CT molecular complexity index is 3160. The lowest BCUT2D eigenvalue weighted by molar-refractivity contribution is 0.673. The number of rotatable bonds is 4. The van der Waals surface area contributed by atoms with E-state index in [1.807, 2.05) is 12.1 Å². The van der Waals surface area contributed by atoms with E-state index in [0.717, 1.165) is 71.3 Å². The van der Waals surface area contributed by atoms with Gasteiger partial charge in [-0.2, -0.15) is 0 Å². The van der Waals surface area contributed by atoms with E-state index >= 15 is 0 Å². The van der Waals surface area contributed by atoms with Crippen LogP contribution in [0, 0.1) is 0 Å². The predicted molar refractivity (Wildman–Crippen MR) is 215 cm³/mol. The Hall–Kier alpha value is -7.04. The zero-order valence-electron chi connectivity index (χ0n) is 28.0. The minimum absolute atomic E-state index is 0.624. The summed E-state index contributed by atoms with van der Waals surface area (Å²) in [5.74, 6) is 0.624. The summed E-state index contributed by atoms with van der Waals surface area (Å²) in [4.78, 5) is 10.5. The van der Waals surface area contributed by atoms with Crippen molar-refractivity contribution in [1.29, 1.82) is 0 Å². The molecule has 0 aliphatic carbocycles. The maximum Gasteiger partial charge on any atom is 0.235 e. The molecule has 0 unspecified atom stereocenters. The molecule has 3 aromatic heterocycles. The molecule has 0 radical (unpaired) electrons. The fourth-order valence-corrected chi connectivity index (χ4v) is 7.97. The molecule has 0 aliphatic heterocycles. The molecule has 0 N–H and O–H groups in total. The SMILES string of the molecule is c1ccc(-c2ccc(-c3nc(-n4c5ccccc5c5cc6c(cc54)oc4c5ccccc5c(-c5ccccc5)cc64)nc4ccccc34)cc2)cc1. The van der Waals surface area contributed by atoms with E-state index in [1.54, 1.807) is 0 Å². The summed E-state index contributed by atoms with van der Waals surface area (Å²) in [6.07, 6.45) is 0. The van der Waals surface area contributed by atoms with Gasteiger partial charge in [0.05, 0.1) is 22.2 Å². The van der Waals surface area contributed by atoms with Crippen LogP contribution in [0.25, 0.3) is 105 Å². The summed E-state index contributed by atoms with van der Waals surface area (Å²) in [5.41, 5.74) is 11.4. The van der Waals surface area contributed by atoms with Crippen molar-refractivity contribution in [3.63, 3.8) is 0 Å². The lowest BCUT2D eigenvalue weighted by Gasteiger charge is -2.12. The highest BCUT2D eigenvalue weighted by Crippen LogP contribution is 2.43. The molecule has 0 atom stereocenters. The predicted octanol–water partition coefficient (Wildman–Crippen LogP) is 12.8. The molecule has 0 bridgehead atoms. The highest BCUT2D eigenvalue weighted by molar-refractivity contribution is 6.22. The van der Waals surface area contributed by atoms with Gasteiger partial charge in [-0.25, -0.2) is 9.97 Å².